The van der Waals surface area contributed by atoms with Gasteiger partial charge in [-0.2, -0.15) is 0 Å². The van der Waals surface area contributed by atoms with E-state index in [-0.39, 0.29) is 0 Å². The maximum absolute atomic E-state index is 5.96. The molecule has 19 heavy (non-hydrogen) atoms. The molecule has 0 spiro atoms. The highest BCUT2D eigenvalue weighted by molar-refractivity contribution is 4.92. The lowest BCUT2D eigenvalue weighted by Gasteiger charge is -2.33. The molecule has 0 aliphatic carbocycles. The number of unbranched alkanes of at least 4 members (excludes halogenated alkanes) is 4. The highest BCUT2D eigenvalue weighted by atomic mass is 15.3. The molecule has 2 rings (SSSR count). The van der Waals surface area contributed by atoms with Crippen LogP contribution < -0.4 is 5.73 Å². The maximum atomic E-state index is 5.96. The van der Waals surface area contributed by atoms with Crippen molar-refractivity contribution < 1.29 is 0 Å². The van der Waals surface area contributed by atoms with Crippen molar-refractivity contribution in [1.82, 2.24) is 19.7 Å². The molecule has 0 saturated carbocycles. The highest BCUT2D eigenvalue weighted by Crippen LogP contribution is 2.16. The quantitative estimate of drug-likeness (QED) is 0.728. The number of hydrogen-bond donors (Lipinski definition) is 1. The van der Waals surface area contributed by atoms with Gasteiger partial charge in [0, 0.05) is 25.7 Å². The first-order valence-electron chi connectivity index (χ1n) is 7.66. The Morgan fingerprint density at radius 1 is 1.26 bits per heavy atom. The summed E-state index contributed by atoms with van der Waals surface area (Å²) in [5.74, 6) is 1.08. The third-order valence-corrected chi connectivity index (χ3v) is 4.10. The Balaban J connectivity index is 1.75. The van der Waals surface area contributed by atoms with Gasteiger partial charge >= 0.3 is 0 Å². The van der Waals surface area contributed by atoms with E-state index >= 15 is 0 Å². The van der Waals surface area contributed by atoms with Crippen LogP contribution in [0, 0.1) is 0 Å². The predicted molar refractivity (Wildman–Crippen MR) is 76.7 cm³/mol. The van der Waals surface area contributed by atoms with Crippen molar-refractivity contribution in [3.8, 4) is 0 Å². The monoisotopic (exact) mass is 265 g/mol. The fourth-order valence-electron chi connectivity index (χ4n) is 2.83. The van der Waals surface area contributed by atoms with Crippen molar-refractivity contribution in [2.24, 2.45) is 5.73 Å². The first-order valence-corrected chi connectivity index (χ1v) is 7.66. The molecule has 1 aromatic heterocycles. The van der Waals surface area contributed by atoms with Crippen molar-refractivity contribution in [3.05, 3.63) is 12.2 Å². The maximum Gasteiger partial charge on any atom is 0.147 e. The van der Waals surface area contributed by atoms with Crippen LogP contribution in [0.1, 0.15) is 51.3 Å². The molecule has 0 amide bonds. The molecule has 0 aromatic carbocycles. The van der Waals surface area contributed by atoms with Crippen molar-refractivity contribution in [1.29, 1.82) is 0 Å². The molecule has 1 aliphatic rings. The summed E-state index contributed by atoms with van der Waals surface area (Å²) in [7, 11) is 0. The molecule has 1 unspecified atom stereocenters. The summed E-state index contributed by atoms with van der Waals surface area (Å²) in [6, 6.07) is 0.507. The number of nitrogens with two attached hydrogens (primary N) is 1. The first-order chi connectivity index (χ1) is 9.35. The van der Waals surface area contributed by atoms with Crippen LogP contribution in [0.3, 0.4) is 0 Å². The zero-order chi connectivity index (χ0) is 13.5. The van der Waals surface area contributed by atoms with E-state index in [4.69, 9.17) is 5.73 Å². The van der Waals surface area contributed by atoms with Gasteiger partial charge in [0.15, 0.2) is 0 Å². The van der Waals surface area contributed by atoms with Crippen LogP contribution in [0.25, 0.3) is 0 Å². The topological polar surface area (TPSA) is 60.0 Å². The van der Waals surface area contributed by atoms with Crippen LogP contribution in [0.5, 0.6) is 0 Å². The lowest BCUT2D eigenvalue weighted by atomic mass is 10.0. The average Bonchev–Trinajstić information content (AvgIpc) is 2.90. The molecule has 0 radical (unpaired) electrons. The Hall–Kier alpha value is -0.940. The second kappa shape index (κ2) is 7.60. The third kappa shape index (κ3) is 4.01. The largest absolute Gasteiger partial charge is 0.329 e. The number of hydrogen-bond acceptors (Lipinski definition) is 4. The number of fused-ring (bicyclic) bond motifs is 1. The molecule has 5 nitrogen and oxygen atoms in total. The molecule has 108 valence electrons. The van der Waals surface area contributed by atoms with Gasteiger partial charge in [-0.1, -0.05) is 39.0 Å². The smallest absolute Gasteiger partial charge is 0.147 e. The van der Waals surface area contributed by atoms with Crippen molar-refractivity contribution in [2.75, 3.05) is 13.1 Å². The summed E-state index contributed by atoms with van der Waals surface area (Å²) >= 11 is 0. The van der Waals surface area contributed by atoms with Crippen molar-refractivity contribution in [3.63, 3.8) is 0 Å². The number of aromatic nitrogens is 3. The highest BCUT2D eigenvalue weighted by Gasteiger charge is 2.23. The van der Waals surface area contributed by atoms with Crippen LogP contribution in [0.4, 0.5) is 0 Å². The van der Waals surface area contributed by atoms with Crippen molar-refractivity contribution in [2.45, 2.75) is 64.6 Å². The molecule has 0 bridgehead atoms. The van der Waals surface area contributed by atoms with E-state index < -0.39 is 0 Å². The molecule has 0 fully saturated rings. The van der Waals surface area contributed by atoms with Gasteiger partial charge in [-0.15, -0.1) is 10.2 Å². The van der Waals surface area contributed by atoms with Crippen LogP contribution >= 0.6 is 0 Å². The standard InChI is InChI=1S/C14H27N5/c1-2-3-4-5-6-7-13(10-15)18-8-9-19-12-16-17-14(19)11-18/h12-13H,2-11,15H2,1H3. The second-order valence-electron chi connectivity index (χ2n) is 5.50. The van der Waals surface area contributed by atoms with Crippen LogP contribution in [-0.2, 0) is 13.1 Å². The Morgan fingerprint density at radius 3 is 2.89 bits per heavy atom. The van der Waals surface area contributed by atoms with Gasteiger partial charge in [0.1, 0.15) is 12.2 Å². The zero-order valence-corrected chi connectivity index (χ0v) is 12.1. The Bertz CT molecular complexity index is 362. The summed E-state index contributed by atoms with van der Waals surface area (Å²) < 4.78 is 2.14. The molecule has 2 heterocycles. The lowest BCUT2D eigenvalue weighted by molar-refractivity contribution is 0.146. The van der Waals surface area contributed by atoms with E-state index in [2.05, 4.69) is 26.6 Å². The number of rotatable bonds is 8. The predicted octanol–water partition coefficient (Wildman–Crippen LogP) is 1.78. The molecular formula is C14H27N5. The summed E-state index contributed by atoms with van der Waals surface area (Å²) in [5, 5.41) is 8.15. The van der Waals surface area contributed by atoms with Gasteiger partial charge in [-0.05, 0) is 6.42 Å². The Kier molecular flexibility index (Phi) is 5.79. The van der Waals surface area contributed by atoms with E-state index in [0.29, 0.717) is 6.04 Å². The SMILES string of the molecule is CCCCCCCC(CN)N1CCn2cnnc2C1. The summed E-state index contributed by atoms with van der Waals surface area (Å²) in [6.45, 7) is 5.97. The fourth-order valence-corrected chi connectivity index (χ4v) is 2.83. The van der Waals surface area contributed by atoms with E-state index in [1.165, 1.54) is 38.5 Å². The molecule has 1 aromatic rings. The Labute approximate surface area is 116 Å². The van der Waals surface area contributed by atoms with E-state index in [1.54, 1.807) is 0 Å². The van der Waals surface area contributed by atoms with Gasteiger partial charge in [0.2, 0.25) is 0 Å². The van der Waals surface area contributed by atoms with Crippen LogP contribution in [0.2, 0.25) is 0 Å². The molecule has 5 heteroatoms. The first kappa shape index (κ1) is 14.5. The average molecular weight is 265 g/mol. The van der Waals surface area contributed by atoms with Gasteiger partial charge < -0.3 is 10.3 Å². The minimum atomic E-state index is 0.507. The Morgan fingerprint density at radius 2 is 2.11 bits per heavy atom. The molecule has 1 atom stereocenters. The minimum absolute atomic E-state index is 0.507. The van der Waals surface area contributed by atoms with Gasteiger partial charge in [-0.25, -0.2) is 0 Å². The summed E-state index contributed by atoms with van der Waals surface area (Å²) in [4.78, 5) is 2.48. The fraction of sp³-hybridized carbons (Fsp3) is 0.857. The normalized spacial score (nSPS) is 17.4. The third-order valence-electron chi connectivity index (χ3n) is 4.10. The molecule has 2 N–H and O–H groups in total. The van der Waals surface area contributed by atoms with Crippen molar-refractivity contribution >= 4 is 0 Å². The minimum Gasteiger partial charge on any atom is -0.329 e. The zero-order valence-electron chi connectivity index (χ0n) is 12.1. The summed E-state index contributed by atoms with van der Waals surface area (Å²) in [5.41, 5.74) is 5.96. The van der Waals surface area contributed by atoms with Gasteiger partial charge in [-0.3, -0.25) is 4.90 Å². The lowest BCUT2D eigenvalue weighted by Crippen LogP contribution is -2.44. The van der Waals surface area contributed by atoms with Gasteiger partial charge in [0.05, 0.1) is 6.54 Å². The molecular weight excluding hydrogens is 238 g/mol. The van der Waals surface area contributed by atoms with E-state index in [0.717, 1.165) is 32.0 Å². The summed E-state index contributed by atoms with van der Waals surface area (Å²) in [6.07, 6.45) is 9.72. The van der Waals surface area contributed by atoms with E-state index in [9.17, 15) is 0 Å². The van der Waals surface area contributed by atoms with Crippen LogP contribution in [0.15, 0.2) is 6.33 Å². The van der Waals surface area contributed by atoms with Crippen LogP contribution in [-0.4, -0.2) is 38.8 Å². The van der Waals surface area contributed by atoms with E-state index in [1.807, 2.05) is 6.33 Å². The number of nitrogens with zero attached hydrogens (tertiary/aromatic N) is 4. The second-order valence-corrected chi connectivity index (χ2v) is 5.50. The van der Waals surface area contributed by atoms with Gasteiger partial charge in [0.25, 0.3) is 0 Å². The molecule has 0 saturated heterocycles. The molecule has 1 aliphatic heterocycles.